The molecule has 8 heteroatoms. The van der Waals surface area contributed by atoms with E-state index in [2.05, 4.69) is 0 Å². The van der Waals surface area contributed by atoms with Crippen molar-refractivity contribution in [3.63, 3.8) is 0 Å². The molecule has 2 aromatic carbocycles. The lowest BCUT2D eigenvalue weighted by molar-refractivity contribution is -0.600. The van der Waals surface area contributed by atoms with Gasteiger partial charge in [-0.25, -0.2) is 0 Å². The highest BCUT2D eigenvalue weighted by atomic mass is 35.5. The van der Waals surface area contributed by atoms with E-state index < -0.39 is 9.85 Å². The molecule has 25 heavy (non-hydrogen) atoms. The van der Waals surface area contributed by atoms with Crippen LogP contribution in [-0.4, -0.2) is 9.85 Å². The number of halogens is 1. The van der Waals surface area contributed by atoms with Crippen LogP contribution in [-0.2, 0) is 0 Å². The minimum Gasteiger partial charge on any atom is -1.00 e. The van der Waals surface area contributed by atoms with Crippen LogP contribution >= 0.6 is 0 Å². The third-order valence-electron chi connectivity index (χ3n) is 3.55. The van der Waals surface area contributed by atoms with E-state index >= 15 is 0 Å². The standard InChI is InChI=1S/C17H12N3O4.ClH/c21-19(22)15-8-9-16(17(11-15)20(23)24)18-10-4-7-14(12-18)13-5-2-1-3-6-13;/h1-12H;1H/q+1;/p-1. The number of nitrogens with zero attached hydrogens (tertiary/aromatic N) is 3. The van der Waals surface area contributed by atoms with Gasteiger partial charge in [0.1, 0.15) is 6.07 Å². The molecule has 0 N–H and O–H groups in total. The monoisotopic (exact) mass is 357 g/mol. The van der Waals surface area contributed by atoms with Crippen molar-refractivity contribution < 1.29 is 26.8 Å². The number of hydrogen-bond donors (Lipinski definition) is 0. The summed E-state index contributed by atoms with van der Waals surface area (Å²) in [5.74, 6) is 0. The van der Waals surface area contributed by atoms with Crippen molar-refractivity contribution in [1.82, 2.24) is 0 Å². The van der Waals surface area contributed by atoms with E-state index in [0.717, 1.165) is 17.2 Å². The highest BCUT2D eigenvalue weighted by Gasteiger charge is 2.26. The summed E-state index contributed by atoms with van der Waals surface area (Å²) in [6.45, 7) is 0. The van der Waals surface area contributed by atoms with Crippen LogP contribution < -0.4 is 17.0 Å². The summed E-state index contributed by atoms with van der Waals surface area (Å²) >= 11 is 0. The number of rotatable bonds is 4. The molecular formula is C17H12ClN3O4. The second-order valence-electron chi connectivity index (χ2n) is 5.05. The summed E-state index contributed by atoms with van der Waals surface area (Å²) in [6, 6.07) is 16.8. The molecule has 3 aromatic rings. The van der Waals surface area contributed by atoms with Gasteiger partial charge in [-0.3, -0.25) is 20.2 Å². The first-order chi connectivity index (χ1) is 11.6. The average Bonchev–Trinajstić information content (AvgIpc) is 2.62. The minimum absolute atomic E-state index is 0. The molecule has 0 fully saturated rings. The Morgan fingerprint density at radius 3 is 2.12 bits per heavy atom. The van der Waals surface area contributed by atoms with Crippen LogP contribution in [0.4, 0.5) is 11.4 Å². The van der Waals surface area contributed by atoms with Crippen molar-refractivity contribution in [2.45, 2.75) is 0 Å². The Morgan fingerprint density at radius 2 is 1.48 bits per heavy atom. The second-order valence-corrected chi connectivity index (χ2v) is 5.05. The number of benzene rings is 2. The molecule has 0 unspecified atom stereocenters. The molecule has 0 aliphatic heterocycles. The molecule has 126 valence electrons. The van der Waals surface area contributed by atoms with Crippen LogP contribution in [0.2, 0.25) is 0 Å². The predicted molar refractivity (Wildman–Crippen MR) is 86.7 cm³/mol. The van der Waals surface area contributed by atoms with Crippen molar-refractivity contribution >= 4 is 11.4 Å². The highest BCUT2D eigenvalue weighted by molar-refractivity contribution is 5.61. The zero-order valence-corrected chi connectivity index (χ0v) is 13.5. The van der Waals surface area contributed by atoms with Gasteiger partial charge in [-0.2, -0.15) is 4.57 Å². The fourth-order valence-electron chi connectivity index (χ4n) is 2.42. The van der Waals surface area contributed by atoms with Crippen molar-refractivity contribution in [3.05, 3.63) is 93.3 Å². The number of nitro groups is 2. The Kier molecular flexibility index (Phi) is 5.41. The van der Waals surface area contributed by atoms with Crippen LogP contribution in [0.1, 0.15) is 0 Å². The van der Waals surface area contributed by atoms with Gasteiger partial charge < -0.3 is 12.4 Å². The number of nitro benzene ring substituents is 2. The van der Waals surface area contributed by atoms with Gasteiger partial charge in [0, 0.05) is 23.8 Å². The van der Waals surface area contributed by atoms with Crippen LogP contribution in [0.15, 0.2) is 73.1 Å². The topological polar surface area (TPSA) is 90.2 Å². The normalized spacial score (nSPS) is 9.92. The van der Waals surface area contributed by atoms with Gasteiger partial charge in [0.2, 0.25) is 0 Å². The fraction of sp³-hybridized carbons (Fsp3) is 0. The van der Waals surface area contributed by atoms with Crippen LogP contribution in [0.25, 0.3) is 16.8 Å². The largest absolute Gasteiger partial charge is 1.00 e. The zero-order valence-electron chi connectivity index (χ0n) is 12.8. The van der Waals surface area contributed by atoms with Gasteiger partial charge in [0.25, 0.3) is 11.4 Å². The molecule has 0 aliphatic rings. The average molecular weight is 358 g/mol. The second kappa shape index (κ2) is 7.50. The Bertz CT molecular complexity index is 932. The molecular weight excluding hydrogens is 346 g/mol. The summed E-state index contributed by atoms with van der Waals surface area (Å²) in [5, 5.41) is 22.1. The van der Waals surface area contributed by atoms with Gasteiger partial charge in [-0.05, 0) is 11.6 Å². The van der Waals surface area contributed by atoms with Crippen molar-refractivity contribution in [2.24, 2.45) is 0 Å². The molecule has 0 amide bonds. The molecule has 0 saturated carbocycles. The lowest BCUT2D eigenvalue weighted by Crippen LogP contribution is -3.00. The van der Waals surface area contributed by atoms with Crippen LogP contribution in [0.5, 0.6) is 0 Å². The quantitative estimate of drug-likeness (QED) is 0.385. The Balaban J connectivity index is 0.00000225. The summed E-state index contributed by atoms with van der Waals surface area (Å²) in [7, 11) is 0. The molecule has 0 saturated heterocycles. The lowest BCUT2D eigenvalue weighted by Gasteiger charge is -2.02. The Labute approximate surface area is 148 Å². The summed E-state index contributed by atoms with van der Waals surface area (Å²) < 4.78 is 1.59. The molecule has 0 radical (unpaired) electrons. The van der Waals surface area contributed by atoms with Gasteiger partial charge in [-0.15, -0.1) is 0 Å². The zero-order chi connectivity index (χ0) is 17.1. The predicted octanol–water partition coefficient (Wildman–Crippen LogP) is 0.451. The van der Waals surface area contributed by atoms with E-state index in [0.29, 0.717) is 0 Å². The van der Waals surface area contributed by atoms with E-state index in [-0.39, 0.29) is 29.5 Å². The van der Waals surface area contributed by atoms with E-state index in [9.17, 15) is 20.2 Å². The molecule has 3 rings (SSSR count). The SMILES string of the molecule is O=[N+]([O-])c1ccc(-[n+]2cccc(-c3ccccc3)c2)c([N+](=O)[O-])c1.[Cl-]. The smallest absolute Gasteiger partial charge is 0.347 e. The molecule has 0 aliphatic carbocycles. The van der Waals surface area contributed by atoms with Gasteiger partial charge in [-0.1, -0.05) is 30.3 Å². The van der Waals surface area contributed by atoms with Crippen LogP contribution in [0, 0.1) is 20.2 Å². The Morgan fingerprint density at radius 1 is 0.800 bits per heavy atom. The third-order valence-corrected chi connectivity index (χ3v) is 3.55. The molecule has 0 bridgehead atoms. The number of hydrogen-bond acceptors (Lipinski definition) is 4. The lowest BCUT2D eigenvalue weighted by atomic mass is 10.1. The van der Waals surface area contributed by atoms with Crippen LogP contribution in [0.3, 0.4) is 0 Å². The highest BCUT2D eigenvalue weighted by Crippen LogP contribution is 2.25. The minimum atomic E-state index is -0.651. The van der Waals surface area contributed by atoms with Crippen molar-refractivity contribution in [3.8, 4) is 16.8 Å². The van der Waals surface area contributed by atoms with E-state index in [1.807, 2.05) is 36.4 Å². The maximum Gasteiger partial charge on any atom is 0.347 e. The fourth-order valence-corrected chi connectivity index (χ4v) is 2.42. The molecule has 1 aromatic heterocycles. The third kappa shape index (κ3) is 3.78. The van der Waals surface area contributed by atoms with Gasteiger partial charge in [0.15, 0.2) is 12.4 Å². The molecule has 1 heterocycles. The number of pyridine rings is 1. The van der Waals surface area contributed by atoms with Gasteiger partial charge >= 0.3 is 5.69 Å². The van der Waals surface area contributed by atoms with E-state index in [4.69, 9.17) is 0 Å². The van der Waals surface area contributed by atoms with Gasteiger partial charge in [0.05, 0.1) is 9.85 Å². The maximum atomic E-state index is 11.3. The summed E-state index contributed by atoms with van der Waals surface area (Å²) in [4.78, 5) is 20.9. The van der Waals surface area contributed by atoms with Crippen molar-refractivity contribution in [1.29, 1.82) is 0 Å². The van der Waals surface area contributed by atoms with E-state index in [1.165, 1.54) is 12.1 Å². The first kappa shape index (κ1) is 18.0. The molecule has 0 spiro atoms. The summed E-state index contributed by atoms with van der Waals surface area (Å²) in [6.07, 6.45) is 3.42. The summed E-state index contributed by atoms with van der Waals surface area (Å²) in [5.41, 5.74) is 1.48. The molecule has 7 nitrogen and oxygen atoms in total. The first-order valence-corrected chi connectivity index (χ1v) is 7.06. The Hall–Kier alpha value is -3.32. The van der Waals surface area contributed by atoms with Crippen molar-refractivity contribution in [2.75, 3.05) is 0 Å². The first-order valence-electron chi connectivity index (χ1n) is 7.06. The number of non-ortho nitro benzene ring substituents is 1. The number of aromatic nitrogens is 1. The van der Waals surface area contributed by atoms with E-state index in [1.54, 1.807) is 23.0 Å². The molecule has 0 atom stereocenters. The maximum absolute atomic E-state index is 11.3.